The topological polar surface area (TPSA) is 59.9 Å². The third-order valence-electron chi connectivity index (χ3n) is 3.36. The van der Waals surface area contributed by atoms with Gasteiger partial charge in [-0.1, -0.05) is 24.3 Å². The largest absolute Gasteiger partial charge is 0.298 e. The van der Waals surface area contributed by atoms with E-state index in [9.17, 15) is 9.59 Å². The summed E-state index contributed by atoms with van der Waals surface area (Å²) in [4.78, 5) is 30.7. The van der Waals surface area contributed by atoms with Crippen molar-refractivity contribution < 1.29 is 9.59 Å². The molecule has 0 aliphatic carbocycles. The van der Waals surface area contributed by atoms with Crippen LogP contribution in [-0.4, -0.2) is 22.5 Å². The lowest BCUT2D eigenvalue weighted by Crippen LogP contribution is -1.93. The molecule has 106 valence electrons. The normalized spacial score (nSPS) is 10.2. The number of aromatic nitrogens is 2. The zero-order valence-corrected chi connectivity index (χ0v) is 11.6. The van der Waals surface area contributed by atoms with Crippen molar-refractivity contribution in [3.05, 3.63) is 72.1 Å². The quantitative estimate of drug-likeness (QED) is 0.690. The minimum atomic E-state index is 0.543. The van der Waals surface area contributed by atoms with Crippen LogP contribution in [0.5, 0.6) is 0 Å². The second-order valence-corrected chi connectivity index (χ2v) is 4.70. The highest BCUT2D eigenvalue weighted by atomic mass is 16.1. The van der Waals surface area contributed by atoms with Crippen molar-refractivity contribution in [1.82, 2.24) is 9.97 Å². The van der Waals surface area contributed by atoms with Crippen molar-refractivity contribution in [2.75, 3.05) is 0 Å². The highest BCUT2D eigenvalue weighted by Crippen LogP contribution is 2.25. The van der Waals surface area contributed by atoms with Gasteiger partial charge in [0.15, 0.2) is 12.6 Å². The summed E-state index contributed by atoms with van der Waals surface area (Å²) in [6, 6.07) is 14.4. The van der Waals surface area contributed by atoms with Crippen molar-refractivity contribution in [2.24, 2.45) is 0 Å². The summed E-state index contributed by atoms with van der Waals surface area (Å²) in [6.07, 6.45) is 4.89. The van der Waals surface area contributed by atoms with Crippen LogP contribution in [0, 0.1) is 0 Å². The minimum Gasteiger partial charge on any atom is -0.298 e. The molecule has 0 amide bonds. The number of carbonyl (C=O) groups excluding carboxylic acids is 2. The van der Waals surface area contributed by atoms with Crippen LogP contribution in [0.15, 0.2) is 60.9 Å². The van der Waals surface area contributed by atoms with E-state index < -0.39 is 0 Å². The van der Waals surface area contributed by atoms with Crippen molar-refractivity contribution in [2.45, 2.75) is 0 Å². The van der Waals surface area contributed by atoms with Crippen LogP contribution in [0.3, 0.4) is 0 Å². The standard InChI is InChI=1S/C18H12N2O2/c21-11-15-3-1-9-19-17(15)13-5-7-14(8-6-13)18-16(12-22)4-2-10-20-18/h1-12H. The second-order valence-electron chi connectivity index (χ2n) is 4.70. The van der Waals surface area contributed by atoms with Crippen LogP contribution >= 0.6 is 0 Å². The second kappa shape index (κ2) is 6.10. The lowest BCUT2D eigenvalue weighted by Gasteiger charge is -2.07. The van der Waals surface area contributed by atoms with Crippen molar-refractivity contribution in [1.29, 1.82) is 0 Å². The number of nitrogens with zero attached hydrogens (tertiary/aromatic N) is 2. The molecule has 3 aromatic rings. The average molecular weight is 288 g/mol. The summed E-state index contributed by atoms with van der Waals surface area (Å²) in [5, 5.41) is 0. The molecule has 1 aromatic carbocycles. The lowest BCUT2D eigenvalue weighted by molar-refractivity contribution is 0.111. The van der Waals surface area contributed by atoms with E-state index in [0.717, 1.165) is 23.7 Å². The molecule has 3 rings (SSSR count). The van der Waals surface area contributed by atoms with Gasteiger partial charge in [0, 0.05) is 34.6 Å². The maximum atomic E-state index is 11.1. The van der Waals surface area contributed by atoms with E-state index in [0.29, 0.717) is 22.5 Å². The number of rotatable bonds is 4. The first kappa shape index (κ1) is 13.8. The van der Waals surface area contributed by atoms with Gasteiger partial charge in [-0.2, -0.15) is 0 Å². The van der Waals surface area contributed by atoms with Crippen LogP contribution in [0.2, 0.25) is 0 Å². The predicted octanol–water partition coefficient (Wildman–Crippen LogP) is 3.44. The Kier molecular flexibility index (Phi) is 3.83. The smallest absolute Gasteiger partial charge is 0.152 e. The van der Waals surface area contributed by atoms with Crippen molar-refractivity contribution in [3.8, 4) is 22.5 Å². The Labute approximate surface area is 127 Å². The highest BCUT2D eigenvalue weighted by Gasteiger charge is 2.08. The van der Waals surface area contributed by atoms with E-state index in [1.807, 2.05) is 24.3 Å². The van der Waals surface area contributed by atoms with Gasteiger partial charge in [-0.25, -0.2) is 0 Å². The fraction of sp³-hybridized carbons (Fsp3) is 0. The van der Waals surface area contributed by atoms with Gasteiger partial charge in [0.1, 0.15) is 0 Å². The summed E-state index contributed by atoms with van der Waals surface area (Å²) in [5.41, 5.74) is 4.05. The molecule has 0 saturated carbocycles. The van der Waals surface area contributed by atoms with E-state index >= 15 is 0 Å². The van der Waals surface area contributed by atoms with Crippen molar-refractivity contribution in [3.63, 3.8) is 0 Å². The Balaban J connectivity index is 2.03. The van der Waals surface area contributed by atoms with Crippen LogP contribution in [0.4, 0.5) is 0 Å². The fourth-order valence-corrected chi connectivity index (χ4v) is 2.29. The molecule has 0 bridgehead atoms. The van der Waals surface area contributed by atoms with Crippen LogP contribution < -0.4 is 0 Å². The van der Waals surface area contributed by atoms with E-state index in [-0.39, 0.29) is 0 Å². The molecule has 0 spiro atoms. The summed E-state index contributed by atoms with van der Waals surface area (Å²) in [7, 11) is 0. The zero-order chi connectivity index (χ0) is 15.4. The molecule has 22 heavy (non-hydrogen) atoms. The predicted molar refractivity (Wildman–Crippen MR) is 83.7 cm³/mol. The van der Waals surface area contributed by atoms with Gasteiger partial charge < -0.3 is 0 Å². The van der Waals surface area contributed by atoms with Gasteiger partial charge >= 0.3 is 0 Å². The van der Waals surface area contributed by atoms with E-state index in [4.69, 9.17) is 0 Å². The Morgan fingerprint density at radius 1 is 0.636 bits per heavy atom. The van der Waals surface area contributed by atoms with E-state index in [2.05, 4.69) is 9.97 Å². The number of carbonyl (C=O) groups is 2. The molecule has 4 nitrogen and oxygen atoms in total. The van der Waals surface area contributed by atoms with Crippen LogP contribution in [0.25, 0.3) is 22.5 Å². The summed E-state index contributed by atoms with van der Waals surface area (Å²) in [6.45, 7) is 0. The third-order valence-corrected chi connectivity index (χ3v) is 3.36. The number of aldehydes is 2. The molecule has 0 atom stereocenters. The van der Waals surface area contributed by atoms with Gasteiger partial charge in [-0.3, -0.25) is 19.6 Å². The molecule has 0 unspecified atom stereocenters. The number of hydrogen-bond acceptors (Lipinski definition) is 4. The molecule has 0 N–H and O–H groups in total. The summed E-state index contributed by atoms with van der Waals surface area (Å²) < 4.78 is 0. The maximum Gasteiger partial charge on any atom is 0.152 e. The molecular formula is C18H12N2O2. The van der Waals surface area contributed by atoms with Gasteiger partial charge in [0.2, 0.25) is 0 Å². The van der Waals surface area contributed by atoms with Gasteiger partial charge in [-0.15, -0.1) is 0 Å². The molecule has 2 aromatic heterocycles. The Morgan fingerprint density at radius 3 is 1.41 bits per heavy atom. The summed E-state index contributed by atoms with van der Waals surface area (Å²) >= 11 is 0. The Bertz CT molecular complexity index is 756. The average Bonchev–Trinajstić information content (AvgIpc) is 2.62. The van der Waals surface area contributed by atoms with Crippen LogP contribution in [-0.2, 0) is 0 Å². The van der Waals surface area contributed by atoms with E-state index in [1.165, 1.54) is 0 Å². The van der Waals surface area contributed by atoms with Gasteiger partial charge in [-0.05, 0) is 24.3 Å². The van der Waals surface area contributed by atoms with Gasteiger partial charge in [0.05, 0.1) is 11.4 Å². The monoisotopic (exact) mass is 288 g/mol. The molecule has 0 aliphatic rings. The maximum absolute atomic E-state index is 11.1. The zero-order valence-electron chi connectivity index (χ0n) is 11.6. The number of pyridine rings is 2. The first-order valence-electron chi connectivity index (χ1n) is 6.74. The molecular weight excluding hydrogens is 276 g/mol. The first-order valence-corrected chi connectivity index (χ1v) is 6.74. The fourth-order valence-electron chi connectivity index (χ4n) is 2.29. The minimum absolute atomic E-state index is 0.543. The molecule has 0 saturated heterocycles. The highest BCUT2D eigenvalue weighted by molar-refractivity contribution is 5.87. The summed E-state index contributed by atoms with van der Waals surface area (Å²) in [5.74, 6) is 0. The number of hydrogen-bond donors (Lipinski definition) is 0. The van der Waals surface area contributed by atoms with Crippen molar-refractivity contribution >= 4 is 12.6 Å². The molecule has 0 fully saturated rings. The lowest BCUT2D eigenvalue weighted by atomic mass is 10.0. The first-order chi connectivity index (χ1) is 10.8. The van der Waals surface area contributed by atoms with E-state index in [1.54, 1.807) is 36.7 Å². The third kappa shape index (κ3) is 2.54. The molecule has 4 heteroatoms. The SMILES string of the molecule is O=Cc1cccnc1-c1ccc(-c2ncccc2C=O)cc1. The number of benzene rings is 1. The molecule has 0 radical (unpaired) electrons. The van der Waals surface area contributed by atoms with Crippen LogP contribution in [0.1, 0.15) is 20.7 Å². The molecule has 2 heterocycles. The Hall–Kier alpha value is -3.14. The molecule has 0 aliphatic heterocycles. The van der Waals surface area contributed by atoms with Gasteiger partial charge in [0.25, 0.3) is 0 Å². The Morgan fingerprint density at radius 2 is 1.05 bits per heavy atom.